The number of hydrogen-bond donors (Lipinski definition) is 2. The van der Waals surface area contributed by atoms with Gasteiger partial charge in [-0.05, 0) is 50.2 Å². The Morgan fingerprint density at radius 1 is 1.06 bits per heavy atom. The molecular formula is C23H23N7O2. The Hall–Kier alpha value is -4.03. The predicted octanol–water partition coefficient (Wildman–Crippen LogP) is 2.43. The van der Waals surface area contributed by atoms with Gasteiger partial charge in [-0.2, -0.15) is 10.4 Å². The van der Waals surface area contributed by atoms with Gasteiger partial charge in [0.05, 0.1) is 18.4 Å². The molecule has 3 aromatic rings. The van der Waals surface area contributed by atoms with Crippen LogP contribution in [0.1, 0.15) is 18.4 Å². The van der Waals surface area contributed by atoms with E-state index in [-0.39, 0.29) is 24.3 Å². The average molecular weight is 429 g/mol. The van der Waals surface area contributed by atoms with E-state index in [1.54, 1.807) is 23.0 Å². The van der Waals surface area contributed by atoms with E-state index in [9.17, 15) is 14.9 Å². The number of carbonyl (C=O) groups is 2. The number of piperidine rings is 1. The van der Waals surface area contributed by atoms with Crippen LogP contribution >= 0.6 is 0 Å². The molecule has 9 nitrogen and oxygen atoms in total. The summed E-state index contributed by atoms with van der Waals surface area (Å²) in [5, 5.41) is 19.3. The van der Waals surface area contributed by atoms with Gasteiger partial charge < -0.3 is 10.6 Å². The maximum absolute atomic E-state index is 12.7. The van der Waals surface area contributed by atoms with Crippen molar-refractivity contribution in [1.29, 1.82) is 5.26 Å². The molecular weight excluding hydrogens is 406 g/mol. The Kier molecular flexibility index (Phi) is 6.53. The summed E-state index contributed by atoms with van der Waals surface area (Å²) in [6.45, 7) is 1.45. The fraction of sp³-hybridized carbons (Fsp3) is 0.261. The fourth-order valence-corrected chi connectivity index (χ4v) is 3.71. The van der Waals surface area contributed by atoms with Crippen LogP contribution < -0.4 is 10.6 Å². The number of carbonyl (C=O) groups excluding carboxylic acids is 2. The van der Waals surface area contributed by atoms with Gasteiger partial charge in [0.2, 0.25) is 11.8 Å². The number of rotatable bonds is 6. The molecule has 2 amide bonds. The smallest absolute Gasteiger partial charge is 0.239 e. The number of anilines is 2. The fourth-order valence-electron chi connectivity index (χ4n) is 3.71. The van der Waals surface area contributed by atoms with Gasteiger partial charge in [-0.15, -0.1) is 0 Å². The highest BCUT2D eigenvalue weighted by Crippen LogP contribution is 2.21. The van der Waals surface area contributed by atoms with Gasteiger partial charge in [0.25, 0.3) is 0 Å². The van der Waals surface area contributed by atoms with E-state index in [0.29, 0.717) is 43.1 Å². The van der Waals surface area contributed by atoms with Crippen LogP contribution in [0.4, 0.5) is 11.6 Å². The molecule has 1 saturated heterocycles. The minimum Gasteiger partial charge on any atom is -0.310 e. The largest absolute Gasteiger partial charge is 0.310 e. The van der Waals surface area contributed by atoms with Crippen molar-refractivity contribution in [1.82, 2.24) is 19.7 Å². The second kappa shape index (κ2) is 9.85. The molecule has 2 N–H and O–H groups in total. The summed E-state index contributed by atoms with van der Waals surface area (Å²) < 4.78 is 1.55. The first-order chi connectivity index (χ1) is 15.6. The molecule has 0 spiro atoms. The Balaban J connectivity index is 1.32. The topological polar surface area (TPSA) is 116 Å². The molecule has 0 saturated carbocycles. The number of pyridine rings is 1. The second-order valence-electron chi connectivity index (χ2n) is 7.57. The van der Waals surface area contributed by atoms with Crippen molar-refractivity contribution in [2.45, 2.75) is 12.8 Å². The summed E-state index contributed by atoms with van der Waals surface area (Å²) in [4.78, 5) is 31.3. The lowest BCUT2D eigenvalue weighted by atomic mass is 9.96. The molecule has 3 heterocycles. The SMILES string of the molecule is N#Cc1cnn(-c2ccccc2)c1NC(=O)CN1CCC(C(=O)Nc2ccccn2)CC1. The number of benzene rings is 1. The first-order valence-corrected chi connectivity index (χ1v) is 10.4. The number of hydrogen-bond acceptors (Lipinski definition) is 6. The van der Waals surface area contributed by atoms with Crippen molar-refractivity contribution >= 4 is 23.5 Å². The predicted molar refractivity (Wildman–Crippen MR) is 119 cm³/mol. The van der Waals surface area contributed by atoms with Gasteiger partial charge in [-0.3, -0.25) is 14.5 Å². The zero-order chi connectivity index (χ0) is 22.3. The summed E-state index contributed by atoms with van der Waals surface area (Å²) in [7, 11) is 0. The lowest BCUT2D eigenvalue weighted by Crippen LogP contribution is -2.42. The number of amides is 2. The van der Waals surface area contributed by atoms with Gasteiger partial charge in [-0.1, -0.05) is 24.3 Å². The Bertz CT molecular complexity index is 1110. The zero-order valence-corrected chi connectivity index (χ0v) is 17.4. The van der Waals surface area contributed by atoms with E-state index in [1.807, 2.05) is 41.3 Å². The number of likely N-dealkylation sites (tertiary alicyclic amines) is 1. The van der Waals surface area contributed by atoms with Gasteiger partial charge >= 0.3 is 0 Å². The second-order valence-corrected chi connectivity index (χ2v) is 7.57. The molecule has 4 rings (SSSR count). The summed E-state index contributed by atoms with van der Waals surface area (Å²) >= 11 is 0. The summed E-state index contributed by atoms with van der Waals surface area (Å²) in [6.07, 6.45) is 4.40. The minimum absolute atomic E-state index is 0.0433. The third kappa shape index (κ3) is 4.99. The lowest BCUT2D eigenvalue weighted by molar-refractivity contribution is -0.121. The van der Waals surface area contributed by atoms with Crippen molar-refractivity contribution < 1.29 is 9.59 Å². The molecule has 0 radical (unpaired) electrons. The van der Waals surface area contributed by atoms with E-state index >= 15 is 0 Å². The standard InChI is InChI=1S/C23H23N7O2/c24-14-18-15-26-30(19-6-2-1-3-7-19)22(18)28-21(31)16-29-12-9-17(10-13-29)23(32)27-20-8-4-5-11-25-20/h1-8,11,15,17H,9-10,12-13,16H2,(H,28,31)(H,25,27,32). The van der Waals surface area contributed by atoms with Crippen LogP contribution in [0.25, 0.3) is 5.69 Å². The molecule has 162 valence electrons. The van der Waals surface area contributed by atoms with Gasteiger partial charge in [-0.25, -0.2) is 9.67 Å². The van der Waals surface area contributed by atoms with Crippen molar-refractivity contribution in [3.63, 3.8) is 0 Å². The first-order valence-electron chi connectivity index (χ1n) is 10.4. The first kappa shape index (κ1) is 21.2. The third-order valence-corrected chi connectivity index (χ3v) is 5.39. The molecule has 2 aromatic heterocycles. The maximum Gasteiger partial charge on any atom is 0.239 e. The van der Waals surface area contributed by atoms with Crippen molar-refractivity contribution in [3.05, 3.63) is 66.5 Å². The number of nitrogens with zero attached hydrogens (tertiary/aromatic N) is 5. The Morgan fingerprint density at radius 2 is 1.81 bits per heavy atom. The number of nitrogens with one attached hydrogen (secondary N) is 2. The zero-order valence-electron chi connectivity index (χ0n) is 17.4. The van der Waals surface area contributed by atoms with E-state index in [0.717, 1.165) is 5.69 Å². The van der Waals surface area contributed by atoms with Crippen LogP contribution in [-0.4, -0.2) is 51.1 Å². The third-order valence-electron chi connectivity index (χ3n) is 5.39. The quantitative estimate of drug-likeness (QED) is 0.622. The Labute approximate surface area is 185 Å². The molecule has 9 heteroatoms. The average Bonchev–Trinajstić information content (AvgIpc) is 3.23. The summed E-state index contributed by atoms with van der Waals surface area (Å²) in [5.41, 5.74) is 1.05. The number of para-hydroxylation sites is 1. The summed E-state index contributed by atoms with van der Waals surface area (Å²) in [5.74, 6) is 0.519. The molecule has 0 bridgehead atoms. The van der Waals surface area contributed by atoms with Crippen LogP contribution in [0.3, 0.4) is 0 Å². The van der Waals surface area contributed by atoms with Gasteiger partial charge in [0.15, 0.2) is 5.82 Å². The molecule has 0 atom stereocenters. The molecule has 1 aliphatic rings. The van der Waals surface area contributed by atoms with Crippen LogP contribution in [0.15, 0.2) is 60.9 Å². The van der Waals surface area contributed by atoms with Crippen molar-refractivity contribution in [2.24, 2.45) is 5.92 Å². The van der Waals surface area contributed by atoms with Crippen molar-refractivity contribution in [2.75, 3.05) is 30.3 Å². The molecule has 1 fully saturated rings. The molecule has 32 heavy (non-hydrogen) atoms. The number of nitriles is 1. The van der Waals surface area contributed by atoms with Crippen molar-refractivity contribution in [3.8, 4) is 11.8 Å². The summed E-state index contributed by atoms with van der Waals surface area (Å²) in [6, 6.07) is 16.8. The van der Waals surface area contributed by atoms with Gasteiger partial charge in [0.1, 0.15) is 17.5 Å². The monoisotopic (exact) mass is 429 g/mol. The van der Waals surface area contributed by atoms with E-state index < -0.39 is 0 Å². The molecule has 0 unspecified atom stereocenters. The Morgan fingerprint density at radius 3 is 2.50 bits per heavy atom. The highest BCUT2D eigenvalue weighted by molar-refractivity contribution is 5.93. The van der Waals surface area contributed by atoms with E-state index in [4.69, 9.17) is 0 Å². The minimum atomic E-state index is -0.226. The van der Waals surface area contributed by atoms with E-state index in [1.165, 1.54) is 6.20 Å². The maximum atomic E-state index is 12.7. The highest BCUT2D eigenvalue weighted by Gasteiger charge is 2.26. The molecule has 0 aliphatic carbocycles. The lowest BCUT2D eigenvalue weighted by Gasteiger charge is -2.30. The van der Waals surface area contributed by atoms with Crippen LogP contribution in [0.5, 0.6) is 0 Å². The number of aromatic nitrogens is 3. The molecule has 1 aromatic carbocycles. The van der Waals surface area contributed by atoms with Crippen LogP contribution in [-0.2, 0) is 9.59 Å². The molecule has 1 aliphatic heterocycles. The highest BCUT2D eigenvalue weighted by atomic mass is 16.2. The van der Waals surface area contributed by atoms with Crippen LogP contribution in [0.2, 0.25) is 0 Å². The van der Waals surface area contributed by atoms with Crippen LogP contribution in [0, 0.1) is 17.2 Å². The normalized spacial score (nSPS) is 14.5. The van der Waals surface area contributed by atoms with E-state index in [2.05, 4.69) is 26.8 Å². The van der Waals surface area contributed by atoms with Gasteiger partial charge in [0, 0.05) is 12.1 Å².